The molecule has 0 saturated carbocycles. The lowest BCUT2D eigenvalue weighted by molar-refractivity contribution is 0.102. The first-order valence-corrected chi connectivity index (χ1v) is 12.9. The van der Waals surface area contributed by atoms with E-state index < -0.39 is 6.10 Å². The number of imidazole rings is 1. The number of aromatic nitrogens is 3. The Labute approximate surface area is 220 Å². The van der Waals surface area contributed by atoms with Crippen LogP contribution in [0, 0.1) is 0 Å². The van der Waals surface area contributed by atoms with Crippen LogP contribution in [0.1, 0.15) is 46.1 Å². The molecule has 2 aromatic heterocycles. The number of nitrogens with zero attached hydrogens (tertiary/aromatic N) is 3. The van der Waals surface area contributed by atoms with Crippen molar-refractivity contribution < 1.29 is 14.6 Å². The average molecular weight is 505 g/mol. The maximum Gasteiger partial charge on any atom is 0.275 e. The number of nitrogens with one attached hydrogen (secondary N) is 1. The van der Waals surface area contributed by atoms with Gasteiger partial charge in [0.15, 0.2) is 11.5 Å². The molecule has 38 heavy (non-hydrogen) atoms. The van der Waals surface area contributed by atoms with E-state index in [1.165, 1.54) is 0 Å². The van der Waals surface area contributed by atoms with Gasteiger partial charge in [-0.1, -0.05) is 54.6 Å². The maximum absolute atomic E-state index is 13.7. The molecule has 1 atom stereocenters. The number of ether oxygens (including phenoxy) is 1. The fourth-order valence-corrected chi connectivity index (χ4v) is 5.20. The molecule has 1 aliphatic carbocycles. The predicted molar refractivity (Wildman–Crippen MR) is 146 cm³/mol. The number of aryl methyl sites for hydroxylation is 1. The van der Waals surface area contributed by atoms with Crippen LogP contribution in [0.4, 0.5) is 5.69 Å². The zero-order chi connectivity index (χ0) is 25.9. The van der Waals surface area contributed by atoms with Crippen molar-refractivity contribution >= 4 is 22.4 Å². The largest absolute Gasteiger partial charge is 0.504 e. The summed E-state index contributed by atoms with van der Waals surface area (Å²) >= 11 is 0. The molecule has 7 nitrogen and oxygen atoms in total. The second-order valence-electron chi connectivity index (χ2n) is 9.56. The van der Waals surface area contributed by atoms with E-state index in [4.69, 9.17) is 4.74 Å². The summed E-state index contributed by atoms with van der Waals surface area (Å²) in [6.45, 7) is 0.485. The Kier molecular flexibility index (Phi) is 6.48. The van der Waals surface area contributed by atoms with Crippen molar-refractivity contribution in [1.29, 1.82) is 0 Å². The third kappa shape index (κ3) is 4.70. The predicted octanol–water partition coefficient (Wildman–Crippen LogP) is 6.09. The Balaban J connectivity index is 1.42. The minimum atomic E-state index is -0.427. The molecule has 1 amide bonds. The van der Waals surface area contributed by atoms with Gasteiger partial charge >= 0.3 is 0 Å². The summed E-state index contributed by atoms with van der Waals surface area (Å²) in [4.78, 5) is 22.2. The number of aromatic hydroxyl groups is 1. The summed E-state index contributed by atoms with van der Waals surface area (Å²) in [5.41, 5.74) is 3.84. The molecule has 6 rings (SSSR count). The number of hydrogen-bond donors (Lipinski definition) is 2. The lowest BCUT2D eigenvalue weighted by Gasteiger charge is -2.27. The molecule has 2 N–H and O–H groups in total. The van der Waals surface area contributed by atoms with E-state index >= 15 is 0 Å². The van der Waals surface area contributed by atoms with E-state index in [0.29, 0.717) is 17.9 Å². The van der Waals surface area contributed by atoms with Crippen molar-refractivity contribution in [3.05, 3.63) is 114 Å². The third-order valence-corrected chi connectivity index (χ3v) is 7.08. The second kappa shape index (κ2) is 10.4. The van der Waals surface area contributed by atoms with Crippen molar-refractivity contribution in [1.82, 2.24) is 14.5 Å². The molecule has 190 valence electrons. The Morgan fingerprint density at radius 2 is 1.84 bits per heavy atom. The van der Waals surface area contributed by atoms with Crippen LogP contribution >= 0.6 is 0 Å². The smallest absolute Gasteiger partial charge is 0.275 e. The number of benzene rings is 3. The Morgan fingerprint density at radius 3 is 2.68 bits per heavy atom. The highest BCUT2D eigenvalue weighted by molar-refractivity contribution is 6.12. The first-order chi connectivity index (χ1) is 18.7. The van der Waals surface area contributed by atoms with Gasteiger partial charge in [0.2, 0.25) is 0 Å². The van der Waals surface area contributed by atoms with Crippen LogP contribution in [0.5, 0.6) is 11.5 Å². The lowest BCUT2D eigenvalue weighted by atomic mass is 9.89. The fourth-order valence-electron chi connectivity index (χ4n) is 5.20. The van der Waals surface area contributed by atoms with Crippen LogP contribution in [-0.4, -0.2) is 25.5 Å². The highest BCUT2D eigenvalue weighted by Gasteiger charge is 2.27. The Bertz CT molecular complexity index is 1580. The number of hydrogen-bond acceptors (Lipinski definition) is 5. The summed E-state index contributed by atoms with van der Waals surface area (Å²) in [6.07, 6.45) is 10.2. The van der Waals surface area contributed by atoms with Crippen molar-refractivity contribution in [2.75, 3.05) is 5.32 Å². The van der Waals surface area contributed by atoms with Crippen LogP contribution < -0.4 is 10.1 Å². The van der Waals surface area contributed by atoms with Gasteiger partial charge in [0, 0.05) is 24.0 Å². The molecule has 0 saturated heterocycles. The van der Waals surface area contributed by atoms with E-state index in [2.05, 4.69) is 15.3 Å². The Hall–Kier alpha value is -4.65. The van der Waals surface area contributed by atoms with Crippen molar-refractivity contribution in [3.63, 3.8) is 0 Å². The SMILES string of the molecule is O=C(Nc1c2c(cc(O)c1O[C@H](Cn1ccnc1)c1ccccc1)CCCC2)c1nccc2ccccc12. The van der Waals surface area contributed by atoms with Crippen LogP contribution in [0.3, 0.4) is 0 Å². The van der Waals surface area contributed by atoms with Crippen LogP contribution in [0.2, 0.25) is 0 Å². The van der Waals surface area contributed by atoms with Gasteiger partial charge in [-0.05, 0) is 59.9 Å². The van der Waals surface area contributed by atoms with Gasteiger partial charge in [-0.25, -0.2) is 4.98 Å². The molecule has 0 spiro atoms. The average Bonchev–Trinajstić information content (AvgIpc) is 3.47. The van der Waals surface area contributed by atoms with Gasteiger partial charge in [-0.3, -0.25) is 9.78 Å². The highest BCUT2D eigenvalue weighted by atomic mass is 16.5. The molecule has 1 aliphatic rings. The van der Waals surface area contributed by atoms with E-state index in [1.54, 1.807) is 24.8 Å². The lowest BCUT2D eigenvalue weighted by Crippen LogP contribution is -2.20. The fraction of sp³-hybridized carbons (Fsp3) is 0.194. The molecule has 2 heterocycles. The molecule has 0 aliphatic heterocycles. The summed E-state index contributed by atoms with van der Waals surface area (Å²) < 4.78 is 8.53. The van der Waals surface area contributed by atoms with Gasteiger partial charge in [0.05, 0.1) is 18.6 Å². The summed E-state index contributed by atoms with van der Waals surface area (Å²) in [5, 5.41) is 16.0. The molecular formula is C31H28N4O3. The first kappa shape index (κ1) is 23.7. The minimum Gasteiger partial charge on any atom is -0.504 e. The van der Waals surface area contributed by atoms with Gasteiger partial charge < -0.3 is 19.7 Å². The van der Waals surface area contributed by atoms with E-state index in [9.17, 15) is 9.90 Å². The first-order valence-electron chi connectivity index (χ1n) is 12.9. The number of fused-ring (bicyclic) bond motifs is 2. The third-order valence-electron chi connectivity index (χ3n) is 7.08. The number of phenolic OH excluding ortho intramolecular Hbond substituents is 1. The standard InChI is InChI=1S/C31H28N4O3/c36-26-18-23-11-5-7-13-25(23)28(34-31(37)29-24-12-6-4-8-21(24)14-15-33-29)30(26)38-27(19-35-17-16-32-20-35)22-9-2-1-3-10-22/h1-4,6,8-10,12,14-18,20,27,36H,5,7,11,13,19H2,(H,34,37)/t27-/m1/s1. The molecular weight excluding hydrogens is 476 g/mol. The van der Waals surface area contributed by atoms with Gasteiger partial charge in [0.25, 0.3) is 5.91 Å². The Morgan fingerprint density at radius 1 is 1.03 bits per heavy atom. The van der Waals surface area contributed by atoms with E-state index in [1.807, 2.05) is 71.4 Å². The molecule has 0 bridgehead atoms. The maximum atomic E-state index is 13.7. The van der Waals surface area contributed by atoms with E-state index in [0.717, 1.165) is 53.1 Å². The molecule has 5 aromatic rings. The minimum absolute atomic E-state index is 0.0124. The number of anilines is 1. The van der Waals surface area contributed by atoms with E-state index in [-0.39, 0.29) is 17.4 Å². The molecule has 3 aromatic carbocycles. The van der Waals surface area contributed by atoms with Gasteiger partial charge in [0.1, 0.15) is 11.8 Å². The van der Waals surface area contributed by atoms with Crippen molar-refractivity contribution in [2.45, 2.75) is 38.3 Å². The van der Waals surface area contributed by atoms with Crippen LogP contribution in [-0.2, 0) is 19.4 Å². The van der Waals surface area contributed by atoms with Crippen LogP contribution in [0.25, 0.3) is 10.8 Å². The number of carbonyl (C=O) groups excluding carboxylic acids is 1. The molecule has 7 heteroatoms. The second-order valence-corrected chi connectivity index (χ2v) is 9.56. The molecule has 0 unspecified atom stereocenters. The number of amides is 1. The van der Waals surface area contributed by atoms with Crippen molar-refractivity contribution in [2.24, 2.45) is 0 Å². The topological polar surface area (TPSA) is 89.3 Å². The number of pyridine rings is 1. The summed E-state index contributed by atoms with van der Waals surface area (Å²) in [5.74, 6) is -0.0532. The zero-order valence-corrected chi connectivity index (χ0v) is 20.9. The normalized spacial score (nSPS) is 13.6. The molecule has 0 fully saturated rings. The van der Waals surface area contributed by atoms with Gasteiger partial charge in [-0.2, -0.15) is 0 Å². The highest BCUT2D eigenvalue weighted by Crippen LogP contribution is 2.45. The number of rotatable bonds is 7. The van der Waals surface area contributed by atoms with Crippen molar-refractivity contribution in [3.8, 4) is 11.5 Å². The molecule has 0 radical (unpaired) electrons. The van der Waals surface area contributed by atoms with Gasteiger partial charge in [-0.15, -0.1) is 0 Å². The number of carbonyl (C=O) groups is 1. The quantitative estimate of drug-likeness (QED) is 0.280. The van der Waals surface area contributed by atoms with Crippen LogP contribution in [0.15, 0.2) is 91.6 Å². The summed E-state index contributed by atoms with van der Waals surface area (Å²) in [7, 11) is 0. The monoisotopic (exact) mass is 504 g/mol. The number of phenols is 1. The summed E-state index contributed by atoms with van der Waals surface area (Å²) in [6, 6.07) is 21.2. The zero-order valence-electron chi connectivity index (χ0n) is 20.9.